The smallest absolute Gasteiger partial charge is 0.241 e. The molecule has 1 aromatic rings. The summed E-state index contributed by atoms with van der Waals surface area (Å²) in [5, 5.41) is 0. The first-order valence-corrected chi connectivity index (χ1v) is 8.92. The highest BCUT2D eigenvalue weighted by Crippen LogP contribution is 2.36. The van der Waals surface area contributed by atoms with E-state index in [1.165, 1.54) is 12.8 Å². The van der Waals surface area contributed by atoms with Crippen LogP contribution in [0.2, 0.25) is 0 Å². The van der Waals surface area contributed by atoms with Crippen LogP contribution in [0.3, 0.4) is 0 Å². The van der Waals surface area contributed by atoms with Crippen LogP contribution in [-0.2, 0) is 9.59 Å². The van der Waals surface area contributed by atoms with E-state index < -0.39 is 0 Å². The summed E-state index contributed by atoms with van der Waals surface area (Å²) >= 11 is 0. The lowest BCUT2D eigenvalue weighted by atomic mass is 9.92. The molecule has 4 rings (SSSR count). The van der Waals surface area contributed by atoms with Crippen molar-refractivity contribution >= 4 is 17.5 Å². The third-order valence-corrected chi connectivity index (χ3v) is 5.85. The van der Waals surface area contributed by atoms with Crippen LogP contribution in [-0.4, -0.2) is 60.4 Å². The minimum atomic E-state index is -0.108. The van der Waals surface area contributed by atoms with Gasteiger partial charge < -0.3 is 9.80 Å². The van der Waals surface area contributed by atoms with Gasteiger partial charge in [-0.2, -0.15) is 0 Å². The number of likely N-dealkylation sites (N-methyl/N-ethyl adjacent to an activating group) is 1. The average Bonchev–Trinajstić information content (AvgIpc) is 3.29. The number of hydrogen-bond donors (Lipinski definition) is 0. The number of anilines is 1. The molecule has 2 saturated heterocycles. The molecule has 2 aliphatic heterocycles. The molecular formula is C19H25N3O2. The van der Waals surface area contributed by atoms with E-state index in [-0.39, 0.29) is 11.4 Å². The molecule has 2 amide bonds. The number of piperazine rings is 1. The fourth-order valence-corrected chi connectivity index (χ4v) is 4.01. The van der Waals surface area contributed by atoms with Gasteiger partial charge in [0.1, 0.15) is 0 Å². The number of benzene rings is 1. The SMILES string of the molecule is CN1CC(=O)N(c2ccccc2)C[C@@]12CCN(C(=O)CC1CC1)C2. The maximum absolute atomic E-state index is 12.5. The molecule has 0 aromatic heterocycles. The average molecular weight is 327 g/mol. The second-order valence-corrected chi connectivity index (χ2v) is 7.61. The number of carbonyl (C=O) groups is 2. The molecule has 0 N–H and O–H groups in total. The summed E-state index contributed by atoms with van der Waals surface area (Å²) in [4.78, 5) is 31.1. The van der Waals surface area contributed by atoms with E-state index in [1.807, 2.05) is 47.2 Å². The van der Waals surface area contributed by atoms with Gasteiger partial charge >= 0.3 is 0 Å². The minimum Gasteiger partial charge on any atom is -0.341 e. The summed E-state index contributed by atoms with van der Waals surface area (Å²) < 4.78 is 0. The highest BCUT2D eigenvalue weighted by Gasteiger charge is 2.48. The lowest BCUT2D eigenvalue weighted by Crippen LogP contribution is -2.64. The fraction of sp³-hybridized carbons (Fsp3) is 0.579. The molecule has 0 unspecified atom stereocenters. The number of rotatable bonds is 3. The number of nitrogens with zero attached hydrogens (tertiary/aromatic N) is 3. The van der Waals surface area contributed by atoms with Gasteiger partial charge in [-0.15, -0.1) is 0 Å². The van der Waals surface area contributed by atoms with E-state index in [9.17, 15) is 9.59 Å². The molecule has 1 atom stereocenters. The second kappa shape index (κ2) is 5.88. The fourth-order valence-electron chi connectivity index (χ4n) is 4.01. The molecule has 128 valence electrons. The molecule has 2 heterocycles. The topological polar surface area (TPSA) is 43.9 Å². The zero-order valence-electron chi connectivity index (χ0n) is 14.3. The predicted octanol–water partition coefficient (Wildman–Crippen LogP) is 1.74. The first-order chi connectivity index (χ1) is 11.6. The van der Waals surface area contributed by atoms with Crippen LogP contribution in [0.5, 0.6) is 0 Å². The summed E-state index contributed by atoms with van der Waals surface area (Å²) in [7, 11) is 2.02. The predicted molar refractivity (Wildman–Crippen MR) is 92.7 cm³/mol. The second-order valence-electron chi connectivity index (χ2n) is 7.61. The zero-order chi connectivity index (χ0) is 16.7. The first kappa shape index (κ1) is 15.6. The monoisotopic (exact) mass is 327 g/mol. The van der Waals surface area contributed by atoms with Crippen molar-refractivity contribution in [1.82, 2.24) is 9.80 Å². The molecule has 3 fully saturated rings. The summed E-state index contributed by atoms with van der Waals surface area (Å²) in [5.74, 6) is 1.06. The number of para-hydroxylation sites is 1. The van der Waals surface area contributed by atoms with Gasteiger partial charge in [-0.1, -0.05) is 18.2 Å². The molecule has 1 spiro atoms. The van der Waals surface area contributed by atoms with Crippen LogP contribution in [0.4, 0.5) is 5.69 Å². The first-order valence-electron chi connectivity index (χ1n) is 8.92. The molecule has 0 bridgehead atoms. The van der Waals surface area contributed by atoms with Crippen molar-refractivity contribution in [3.63, 3.8) is 0 Å². The van der Waals surface area contributed by atoms with Crippen molar-refractivity contribution in [3.8, 4) is 0 Å². The van der Waals surface area contributed by atoms with E-state index in [0.717, 1.165) is 25.2 Å². The standard InChI is InChI=1S/C19H25N3O2/c1-20-12-18(24)22(16-5-3-2-4-6-16)14-19(20)9-10-21(13-19)17(23)11-15-7-8-15/h2-6,15H,7-14H2,1H3/t19-/m0/s1. The largest absolute Gasteiger partial charge is 0.341 e. The number of amides is 2. The van der Waals surface area contributed by atoms with Crippen molar-refractivity contribution in [3.05, 3.63) is 30.3 Å². The third-order valence-electron chi connectivity index (χ3n) is 5.85. The molecule has 1 aliphatic carbocycles. The molecule has 5 nitrogen and oxygen atoms in total. The maximum Gasteiger partial charge on any atom is 0.241 e. The summed E-state index contributed by atoms with van der Waals surface area (Å²) in [6, 6.07) is 9.87. The van der Waals surface area contributed by atoms with Crippen LogP contribution >= 0.6 is 0 Å². The number of hydrogen-bond acceptors (Lipinski definition) is 3. The van der Waals surface area contributed by atoms with Crippen LogP contribution in [0.25, 0.3) is 0 Å². The van der Waals surface area contributed by atoms with Crippen molar-refractivity contribution in [2.75, 3.05) is 38.1 Å². The van der Waals surface area contributed by atoms with Crippen LogP contribution in [0.1, 0.15) is 25.7 Å². The van der Waals surface area contributed by atoms with Gasteiger partial charge in [-0.05, 0) is 44.4 Å². The summed E-state index contributed by atoms with van der Waals surface area (Å²) in [5.41, 5.74) is 0.848. The molecule has 1 saturated carbocycles. The highest BCUT2D eigenvalue weighted by atomic mass is 16.2. The van der Waals surface area contributed by atoms with E-state index >= 15 is 0 Å². The summed E-state index contributed by atoms with van der Waals surface area (Å²) in [6.45, 7) is 2.64. The van der Waals surface area contributed by atoms with Gasteiger partial charge in [0.05, 0.1) is 12.1 Å². The van der Waals surface area contributed by atoms with Gasteiger partial charge in [0.2, 0.25) is 11.8 Å². The van der Waals surface area contributed by atoms with E-state index in [2.05, 4.69) is 4.90 Å². The lowest BCUT2D eigenvalue weighted by molar-refractivity contribution is -0.131. The Kier molecular flexibility index (Phi) is 3.83. The molecule has 3 aliphatic rings. The number of likely N-dealkylation sites (tertiary alicyclic amines) is 1. The normalized spacial score (nSPS) is 28.0. The Morgan fingerprint density at radius 3 is 2.67 bits per heavy atom. The van der Waals surface area contributed by atoms with E-state index in [1.54, 1.807) is 0 Å². The quantitative estimate of drug-likeness (QED) is 0.849. The Hall–Kier alpha value is -1.88. The lowest BCUT2D eigenvalue weighted by Gasteiger charge is -2.46. The van der Waals surface area contributed by atoms with Crippen LogP contribution < -0.4 is 4.90 Å². The van der Waals surface area contributed by atoms with Crippen LogP contribution in [0, 0.1) is 5.92 Å². The van der Waals surface area contributed by atoms with E-state index in [0.29, 0.717) is 31.3 Å². The summed E-state index contributed by atoms with van der Waals surface area (Å²) in [6.07, 6.45) is 4.07. The highest BCUT2D eigenvalue weighted by molar-refractivity contribution is 5.96. The third kappa shape index (κ3) is 2.81. The molecular weight excluding hydrogens is 302 g/mol. The van der Waals surface area contributed by atoms with Gasteiger partial charge in [-0.25, -0.2) is 0 Å². The Morgan fingerprint density at radius 1 is 1.21 bits per heavy atom. The van der Waals surface area contributed by atoms with Crippen molar-refractivity contribution in [2.24, 2.45) is 5.92 Å². The molecule has 0 radical (unpaired) electrons. The Balaban J connectivity index is 1.51. The maximum atomic E-state index is 12.5. The van der Waals surface area contributed by atoms with Gasteiger partial charge in [-0.3, -0.25) is 14.5 Å². The van der Waals surface area contributed by atoms with Crippen LogP contribution in [0.15, 0.2) is 30.3 Å². The molecule has 1 aromatic carbocycles. The van der Waals surface area contributed by atoms with Gasteiger partial charge in [0.25, 0.3) is 0 Å². The Morgan fingerprint density at radius 2 is 1.96 bits per heavy atom. The Bertz CT molecular complexity index is 643. The number of carbonyl (C=O) groups excluding carboxylic acids is 2. The van der Waals surface area contributed by atoms with Crippen molar-refractivity contribution in [1.29, 1.82) is 0 Å². The van der Waals surface area contributed by atoms with Gasteiger partial charge in [0.15, 0.2) is 0 Å². The Labute approximate surface area is 143 Å². The van der Waals surface area contributed by atoms with E-state index in [4.69, 9.17) is 0 Å². The van der Waals surface area contributed by atoms with Crippen molar-refractivity contribution in [2.45, 2.75) is 31.2 Å². The minimum absolute atomic E-state index is 0.108. The molecule has 24 heavy (non-hydrogen) atoms. The van der Waals surface area contributed by atoms with Crippen molar-refractivity contribution < 1.29 is 9.59 Å². The zero-order valence-corrected chi connectivity index (χ0v) is 14.3. The molecule has 5 heteroatoms. The van der Waals surface area contributed by atoms with Gasteiger partial charge in [0, 0.05) is 31.7 Å².